The molecular weight excluding hydrogens is 349 g/mol. The molecule has 27 heavy (non-hydrogen) atoms. The number of benzene rings is 1. The van der Waals surface area contributed by atoms with Gasteiger partial charge in [-0.1, -0.05) is 12.1 Å². The fourth-order valence-corrected chi connectivity index (χ4v) is 3.16. The highest BCUT2D eigenvalue weighted by Crippen LogP contribution is 2.32. The van der Waals surface area contributed by atoms with Crippen molar-refractivity contribution >= 4 is 11.6 Å². The molecule has 3 heterocycles. The Bertz CT molecular complexity index is 852. The maximum absolute atomic E-state index is 14.6. The molecule has 2 aromatic rings. The van der Waals surface area contributed by atoms with Gasteiger partial charge in [0.1, 0.15) is 6.04 Å². The molecule has 1 fully saturated rings. The van der Waals surface area contributed by atoms with Crippen molar-refractivity contribution in [3.63, 3.8) is 0 Å². The molecule has 1 saturated heterocycles. The number of phenols is 1. The van der Waals surface area contributed by atoms with Gasteiger partial charge in [-0.25, -0.2) is 14.4 Å². The van der Waals surface area contributed by atoms with Crippen LogP contribution in [0.15, 0.2) is 60.0 Å². The molecule has 0 saturated carbocycles. The van der Waals surface area contributed by atoms with E-state index in [0.29, 0.717) is 37.8 Å². The van der Waals surface area contributed by atoms with Crippen LogP contribution in [0.2, 0.25) is 0 Å². The number of nitrogens with one attached hydrogen (secondary N) is 1. The van der Waals surface area contributed by atoms with E-state index in [0.717, 1.165) is 5.69 Å². The van der Waals surface area contributed by atoms with Crippen LogP contribution in [0.1, 0.15) is 11.6 Å². The van der Waals surface area contributed by atoms with Crippen molar-refractivity contribution in [1.82, 2.24) is 14.9 Å². The van der Waals surface area contributed by atoms with Crippen LogP contribution < -0.4 is 5.43 Å². The Balaban J connectivity index is 1.71. The minimum atomic E-state index is -0.645. The number of phenolic OH excluding ortho intramolecular Hbond substituents is 1. The molecule has 0 radical (unpaired) electrons. The topological polar surface area (TPSA) is 73.2 Å². The van der Waals surface area contributed by atoms with Crippen LogP contribution >= 0.6 is 0 Å². The molecule has 2 N–H and O–H groups in total. The van der Waals surface area contributed by atoms with Crippen LogP contribution in [0.4, 0.5) is 10.1 Å². The molecule has 1 atom stereocenters. The summed E-state index contributed by atoms with van der Waals surface area (Å²) in [5.41, 5.74) is 4.38. The number of halogens is 1. The van der Waals surface area contributed by atoms with E-state index in [1.54, 1.807) is 41.8 Å². The van der Waals surface area contributed by atoms with Gasteiger partial charge in [0.2, 0.25) is 5.96 Å². The zero-order valence-electron chi connectivity index (χ0n) is 14.6. The van der Waals surface area contributed by atoms with E-state index in [9.17, 15) is 9.50 Å². The molecule has 7 nitrogen and oxygen atoms in total. The molecular formula is C19H20FN5O2. The molecule has 2 aliphatic rings. The second kappa shape index (κ2) is 7.63. The predicted octanol–water partition coefficient (Wildman–Crippen LogP) is 2.51. The molecule has 0 bridgehead atoms. The molecule has 140 valence electrons. The van der Waals surface area contributed by atoms with Gasteiger partial charge in [-0.15, -0.1) is 0 Å². The first-order chi connectivity index (χ1) is 13.2. The average Bonchev–Trinajstić information content (AvgIpc) is 2.72. The number of nitrogens with zero attached hydrogens (tertiary/aromatic N) is 4. The van der Waals surface area contributed by atoms with Gasteiger partial charge < -0.3 is 14.7 Å². The van der Waals surface area contributed by atoms with Crippen LogP contribution in [0, 0.1) is 5.82 Å². The summed E-state index contributed by atoms with van der Waals surface area (Å²) in [5.74, 6) is -0.358. The smallest absolute Gasteiger partial charge is 0.221 e. The molecule has 1 unspecified atom stereocenters. The quantitative estimate of drug-likeness (QED) is 0.866. The highest BCUT2D eigenvalue weighted by Gasteiger charge is 2.31. The van der Waals surface area contributed by atoms with Gasteiger partial charge in [0.25, 0.3) is 0 Å². The monoisotopic (exact) mass is 369 g/mol. The number of aromatic hydroxyl groups is 1. The first-order valence-electron chi connectivity index (χ1n) is 8.74. The van der Waals surface area contributed by atoms with Gasteiger partial charge in [-0.2, -0.15) is 0 Å². The lowest BCUT2D eigenvalue weighted by atomic mass is 10.0. The van der Waals surface area contributed by atoms with E-state index in [1.165, 1.54) is 6.07 Å². The van der Waals surface area contributed by atoms with Gasteiger partial charge in [0, 0.05) is 31.0 Å². The summed E-state index contributed by atoms with van der Waals surface area (Å²) >= 11 is 0. The van der Waals surface area contributed by atoms with Gasteiger partial charge >= 0.3 is 0 Å². The van der Waals surface area contributed by atoms with Crippen molar-refractivity contribution in [2.24, 2.45) is 4.99 Å². The lowest BCUT2D eigenvalue weighted by Crippen LogP contribution is -2.52. The van der Waals surface area contributed by atoms with Crippen molar-refractivity contribution in [3.8, 4) is 5.75 Å². The summed E-state index contributed by atoms with van der Waals surface area (Å²) in [6, 6.07) is 7.82. The minimum Gasteiger partial charge on any atom is -0.505 e. The number of hydrazine groups is 1. The SMILES string of the molecule is Oc1cccc(C2C=CN=C(N3CCOCC3)N2Nc2cccnc2)c1F. The Morgan fingerprint density at radius 3 is 2.81 bits per heavy atom. The van der Waals surface area contributed by atoms with E-state index >= 15 is 0 Å². The number of ether oxygens (including phenoxy) is 1. The highest BCUT2D eigenvalue weighted by atomic mass is 19.1. The first kappa shape index (κ1) is 17.3. The number of guanidine groups is 1. The van der Waals surface area contributed by atoms with E-state index in [1.807, 2.05) is 12.1 Å². The molecule has 1 aromatic heterocycles. The number of rotatable bonds is 3. The summed E-state index contributed by atoms with van der Waals surface area (Å²) < 4.78 is 20.1. The van der Waals surface area contributed by atoms with Gasteiger partial charge in [-0.05, 0) is 24.3 Å². The van der Waals surface area contributed by atoms with Crippen molar-refractivity contribution in [2.45, 2.75) is 6.04 Å². The third-order valence-corrected chi connectivity index (χ3v) is 4.48. The molecule has 0 amide bonds. The maximum atomic E-state index is 14.6. The van der Waals surface area contributed by atoms with Crippen LogP contribution in [-0.4, -0.2) is 52.3 Å². The standard InChI is InChI=1S/C19H20FN5O2/c20-18-15(4-1-5-17(18)26)16-6-8-22-19(24-9-11-27-12-10-24)25(16)23-14-3-2-7-21-13-14/h1-8,13,16,23,26H,9-12H2. The van der Waals surface area contributed by atoms with Crippen LogP contribution in [0.5, 0.6) is 5.75 Å². The summed E-state index contributed by atoms with van der Waals surface area (Å²) in [4.78, 5) is 10.7. The fourth-order valence-electron chi connectivity index (χ4n) is 3.16. The van der Waals surface area contributed by atoms with Crippen molar-refractivity contribution in [3.05, 3.63) is 66.4 Å². The predicted molar refractivity (Wildman–Crippen MR) is 99.5 cm³/mol. The van der Waals surface area contributed by atoms with E-state index < -0.39 is 11.9 Å². The molecule has 1 aromatic carbocycles. The lowest BCUT2D eigenvalue weighted by Gasteiger charge is -2.41. The van der Waals surface area contributed by atoms with Crippen LogP contribution in [0.25, 0.3) is 0 Å². The molecule has 2 aliphatic heterocycles. The maximum Gasteiger partial charge on any atom is 0.221 e. The summed E-state index contributed by atoms with van der Waals surface area (Å²) in [7, 11) is 0. The summed E-state index contributed by atoms with van der Waals surface area (Å²) in [6.07, 6.45) is 6.82. The third kappa shape index (κ3) is 3.56. The number of hydrogen-bond donors (Lipinski definition) is 2. The Labute approximate surface area is 156 Å². The van der Waals surface area contributed by atoms with E-state index in [4.69, 9.17) is 4.74 Å². The van der Waals surface area contributed by atoms with Gasteiger partial charge in [0.05, 0.1) is 25.1 Å². The number of morpholine rings is 1. The third-order valence-electron chi connectivity index (χ3n) is 4.48. The number of aliphatic imine (C=N–C) groups is 1. The van der Waals surface area contributed by atoms with Gasteiger partial charge in [-0.3, -0.25) is 10.4 Å². The van der Waals surface area contributed by atoms with Crippen molar-refractivity contribution < 1.29 is 14.2 Å². The molecule has 0 spiro atoms. The Kier molecular flexibility index (Phi) is 4.88. The molecule has 0 aliphatic carbocycles. The van der Waals surface area contributed by atoms with Crippen molar-refractivity contribution in [1.29, 1.82) is 0 Å². The van der Waals surface area contributed by atoms with Crippen LogP contribution in [0.3, 0.4) is 0 Å². The average molecular weight is 369 g/mol. The Morgan fingerprint density at radius 2 is 2.04 bits per heavy atom. The largest absolute Gasteiger partial charge is 0.505 e. The molecule has 8 heteroatoms. The summed E-state index contributed by atoms with van der Waals surface area (Å²) in [5, 5.41) is 11.6. The van der Waals surface area contributed by atoms with Crippen molar-refractivity contribution in [2.75, 3.05) is 31.7 Å². The van der Waals surface area contributed by atoms with Gasteiger partial charge in [0.15, 0.2) is 11.6 Å². The number of hydrogen-bond acceptors (Lipinski definition) is 7. The fraction of sp³-hybridized carbons (Fsp3) is 0.263. The number of aromatic nitrogens is 1. The minimum absolute atomic E-state index is 0.350. The zero-order valence-corrected chi connectivity index (χ0v) is 14.6. The van der Waals surface area contributed by atoms with E-state index in [-0.39, 0.29) is 5.75 Å². The van der Waals surface area contributed by atoms with E-state index in [2.05, 4.69) is 20.3 Å². The second-order valence-electron chi connectivity index (χ2n) is 6.22. The normalized spacial score (nSPS) is 19.7. The summed E-state index contributed by atoms with van der Waals surface area (Å²) in [6.45, 7) is 2.59. The van der Waals surface area contributed by atoms with Crippen LogP contribution in [-0.2, 0) is 4.74 Å². The molecule has 4 rings (SSSR count). The highest BCUT2D eigenvalue weighted by molar-refractivity contribution is 5.83. The number of anilines is 1. The number of pyridine rings is 1. The Morgan fingerprint density at radius 1 is 1.19 bits per heavy atom. The Hall–Kier alpha value is -3.13. The second-order valence-corrected chi connectivity index (χ2v) is 6.22. The first-order valence-corrected chi connectivity index (χ1v) is 8.74. The lowest BCUT2D eigenvalue weighted by molar-refractivity contribution is 0.0619. The zero-order chi connectivity index (χ0) is 18.6.